The normalized spacial score (nSPS) is 24.8. The highest BCUT2D eigenvalue weighted by atomic mass is 16.5. The second-order valence-corrected chi connectivity index (χ2v) is 9.36. The van der Waals surface area contributed by atoms with Crippen molar-refractivity contribution in [2.75, 3.05) is 6.54 Å². The molecule has 2 amide bonds. The fraction of sp³-hybridized carbons (Fsp3) is 0.259. The quantitative estimate of drug-likeness (QED) is 0.243. The molecule has 184 valence electrons. The molecular weight excluding hydrogens is 460 g/mol. The highest BCUT2D eigenvalue weighted by Gasteiger charge is 2.42. The van der Waals surface area contributed by atoms with Crippen molar-refractivity contribution in [3.05, 3.63) is 71.0 Å². The Morgan fingerprint density at radius 1 is 0.917 bits per heavy atom. The molecule has 0 radical (unpaired) electrons. The first-order valence-electron chi connectivity index (χ1n) is 11.9. The lowest BCUT2D eigenvalue weighted by Gasteiger charge is -2.36. The first-order chi connectivity index (χ1) is 17.4. The van der Waals surface area contributed by atoms with Gasteiger partial charge in [0.1, 0.15) is 12.2 Å². The maximum atomic E-state index is 13.4. The summed E-state index contributed by atoms with van der Waals surface area (Å²) in [4.78, 5) is 33.3. The summed E-state index contributed by atoms with van der Waals surface area (Å²) < 4.78 is 6.10. The number of para-hydroxylation sites is 2. The molecule has 2 aliphatic heterocycles. The van der Waals surface area contributed by atoms with E-state index in [1.54, 1.807) is 0 Å². The summed E-state index contributed by atoms with van der Waals surface area (Å²) in [7, 11) is 0. The van der Waals surface area contributed by atoms with Crippen molar-refractivity contribution in [2.24, 2.45) is 5.73 Å². The molecule has 0 unspecified atom stereocenters. The largest absolute Gasteiger partial charge is 0.390 e. The fourth-order valence-corrected chi connectivity index (χ4v) is 5.54. The van der Waals surface area contributed by atoms with Gasteiger partial charge in [0.2, 0.25) is 0 Å². The molecular formula is C27H26N4O5. The molecule has 0 bridgehead atoms. The van der Waals surface area contributed by atoms with E-state index in [4.69, 9.17) is 10.5 Å². The van der Waals surface area contributed by atoms with Gasteiger partial charge in [0, 0.05) is 51.6 Å². The summed E-state index contributed by atoms with van der Waals surface area (Å²) in [5.41, 5.74) is 10.5. The van der Waals surface area contributed by atoms with E-state index in [9.17, 15) is 19.8 Å². The van der Waals surface area contributed by atoms with Crippen molar-refractivity contribution in [3.63, 3.8) is 0 Å². The number of benzene rings is 2. The van der Waals surface area contributed by atoms with Gasteiger partial charge in [0.15, 0.2) is 0 Å². The van der Waals surface area contributed by atoms with Crippen LogP contribution in [0.2, 0.25) is 0 Å². The van der Waals surface area contributed by atoms with Gasteiger partial charge in [0.05, 0.1) is 29.0 Å². The number of ether oxygens (including phenoxy) is 1. The third kappa shape index (κ3) is 3.32. The number of fused-ring (bicyclic) bond motifs is 2. The lowest BCUT2D eigenvalue weighted by Crippen LogP contribution is -2.49. The Morgan fingerprint density at radius 3 is 2.17 bits per heavy atom. The molecule has 7 N–H and O–H groups in total. The molecule has 9 heteroatoms. The number of aromatic nitrogens is 2. The SMILES string of the molecule is Cc1[nH]c2ccccc2c1C1=C(c2c([C@@H]3C[C@@H](O)[C@@H](O)[C@@H](CN)O3)[nH]c3ccccc23)C(=O)NC1=O. The van der Waals surface area contributed by atoms with Crippen molar-refractivity contribution >= 4 is 44.8 Å². The van der Waals surface area contributed by atoms with Gasteiger partial charge in [-0.2, -0.15) is 0 Å². The number of carbonyl (C=O) groups is 2. The number of aromatic amines is 2. The van der Waals surface area contributed by atoms with Crippen LogP contribution in [0.4, 0.5) is 0 Å². The van der Waals surface area contributed by atoms with E-state index >= 15 is 0 Å². The van der Waals surface area contributed by atoms with Crippen LogP contribution in [0.15, 0.2) is 48.5 Å². The molecule has 4 atom stereocenters. The molecule has 2 aromatic carbocycles. The molecule has 0 aliphatic carbocycles. The number of imide groups is 1. The van der Waals surface area contributed by atoms with Crippen LogP contribution in [0, 0.1) is 6.92 Å². The Morgan fingerprint density at radius 2 is 1.50 bits per heavy atom. The Labute approximate surface area is 205 Å². The number of rotatable bonds is 4. The fourth-order valence-electron chi connectivity index (χ4n) is 5.54. The number of amides is 2. The Balaban J connectivity index is 1.63. The average Bonchev–Trinajstić information content (AvgIpc) is 3.49. The predicted octanol–water partition coefficient (Wildman–Crippen LogP) is 2.04. The maximum absolute atomic E-state index is 13.4. The maximum Gasteiger partial charge on any atom is 0.259 e. The number of aryl methyl sites for hydroxylation is 1. The number of H-pyrrole nitrogens is 2. The molecule has 2 aliphatic rings. The van der Waals surface area contributed by atoms with Crippen molar-refractivity contribution in [1.82, 2.24) is 15.3 Å². The van der Waals surface area contributed by atoms with Crippen molar-refractivity contribution in [1.29, 1.82) is 0 Å². The molecule has 0 saturated carbocycles. The zero-order valence-corrected chi connectivity index (χ0v) is 19.5. The first-order valence-corrected chi connectivity index (χ1v) is 11.9. The van der Waals surface area contributed by atoms with Crippen LogP contribution in [-0.2, 0) is 14.3 Å². The Kier molecular flexibility index (Phi) is 5.31. The minimum absolute atomic E-state index is 0.0196. The molecule has 6 rings (SSSR count). The van der Waals surface area contributed by atoms with E-state index in [1.807, 2.05) is 55.5 Å². The van der Waals surface area contributed by atoms with Crippen LogP contribution >= 0.6 is 0 Å². The summed E-state index contributed by atoms with van der Waals surface area (Å²) in [5, 5.41) is 24.9. The number of hydrogen-bond acceptors (Lipinski definition) is 6. The summed E-state index contributed by atoms with van der Waals surface area (Å²) in [5.74, 6) is -0.976. The minimum Gasteiger partial charge on any atom is -0.390 e. The van der Waals surface area contributed by atoms with E-state index in [1.165, 1.54) is 0 Å². The molecule has 9 nitrogen and oxygen atoms in total. The highest BCUT2D eigenvalue weighted by Crippen LogP contribution is 2.44. The van der Waals surface area contributed by atoms with Crippen LogP contribution in [0.1, 0.15) is 35.0 Å². The van der Waals surface area contributed by atoms with E-state index in [0.717, 1.165) is 27.5 Å². The molecule has 2 aromatic heterocycles. The van der Waals surface area contributed by atoms with Gasteiger partial charge in [-0.3, -0.25) is 14.9 Å². The zero-order chi connectivity index (χ0) is 25.1. The number of aliphatic hydroxyl groups is 2. The zero-order valence-electron chi connectivity index (χ0n) is 19.5. The van der Waals surface area contributed by atoms with Crippen molar-refractivity contribution < 1.29 is 24.5 Å². The highest BCUT2D eigenvalue weighted by molar-refractivity contribution is 6.51. The number of nitrogens with two attached hydrogens (primary N) is 1. The van der Waals surface area contributed by atoms with Crippen molar-refractivity contribution in [2.45, 2.75) is 37.8 Å². The van der Waals surface area contributed by atoms with Gasteiger partial charge in [0.25, 0.3) is 11.8 Å². The molecule has 4 heterocycles. The Hall–Kier alpha value is -3.76. The molecule has 4 aromatic rings. The number of hydrogen-bond donors (Lipinski definition) is 6. The second kappa shape index (κ2) is 8.42. The average molecular weight is 487 g/mol. The smallest absolute Gasteiger partial charge is 0.259 e. The van der Waals surface area contributed by atoms with Gasteiger partial charge < -0.3 is 30.7 Å². The van der Waals surface area contributed by atoms with Crippen LogP contribution < -0.4 is 11.1 Å². The lowest BCUT2D eigenvalue weighted by atomic mass is 9.89. The van der Waals surface area contributed by atoms with E-state index in [0.29, 0.717) is 16.8 Å². The molecule has 1 fully saturated rings. The number of aliphatic hydroxyl groups excluding tert-OH is 2. The first kappa shape index (κ1) is 22.7. The van der Waals surface area contributed by atoms with Gasteiger partial charge in [-0.15, -0.1) is 0 Å². The second-order valence-electron chi connectivity index (χ2n) is 9.36. The summed E-state index contributed by atoms with van der Waals surface area (Å²) >= 11 is 0. The van der Waals surface area contributed by atoms with Gasteiger partial charge >= 0.3 is 0 Å². The third-order valence-corrected chi connectivity index (χ3v) is 7.18. The topological polar surface area (TPSA) is 153 Å². The number of nitrogens with one attached hydrogen (secondary N) is 3. The lowest BCUT2D eigenvalue weighted by molar-refractivity contribution is -0.167. The van der Waals surface area contributed by atoms with Crippen LogP contribution in [-0.4, -0.2) is 56.9 Å². The van der Waals surface area contributed by atoms with Crippen LogP contribution in [0.25, 0.3) is 33.0 Å². The van der Waals surface area contributed by atoms with Gasteiger partial charge in [-0.05, 0) is 19.1 Å². The summed E-state index contributed by atoms with van der Waals surface area (Å²) in [6, 6.07) is 15.1. The monoisotopic (exact) mass is 486 g/mol. The van der Waals surface area contributed by atoms with E-state index in [-0.39, 0.29) is 24.1 Å². The summed E-state index contributed by atoms with van der Waals surface area (Å²) in [6.07, 6.45) is -3.53. The standard InChI is InChI=1S/C27H26N4O5/c1-12-20(13-6-2-4-8-15(13)29-12)22-23(27(35)31-26(22)34)21-14-7-3-5-9-16(14)30-24(21)18-10-17(32)25(33)19(11-28)36-18/h2-9,17-19,25,29-30,32-33H,10-11,28H2,1H3,(H,31,34,35)/t17-,18+,19-,25-/m1/s1. The minimum atomic E-state index is -1.11. The van der Waals surface area contributed by atoms with Crippen LogP contribution in [0.3, 0.4) is 0 Å². The van der Waals surface area contributed by atoms with Gasteiger partial charge in [-0.25, -0.2) is 0 Å². The van der Waals surface area contributed by atoms with E-state index < -0.39 is 36.2 Å². The number of carbonyl (C=O) groups excluding carboxylic acids is 2. The predicted molar refractivity (Wildman–Crippen MR) is 135 cm³/mol. The molecule has 36 heavy (non-hydrogen) atoms. The molecule has 0 spiro atoms. The third-order valence-electron chi connectivity index (χ3n) is 7.18. The van der Waals surface area contributed by atoms with Crippen LogP contribution in [0.5, 0.6) is 0 Å². The Bertz CT molecular complexity index is 1560. The summed E-state index contributed by atoms with van der Waals surface area (Å²) in [6.45, 7) is 1.89. The van der Waals surface area contributed by atoms with E-state index in [2.05, 4.69) is 15.3 Å². The van der Waals surface area contributed by atoms with Crippen molar-refractivity contribution in [3.8, 4) is 0 Å². The molecule has 1 saturated heterocycles. The van der Waals surface area contributed by atoms with Gasteiger partial charge in [-0.1, -0.05) is 36.4 Å².